The summed E-state index contributed by atoms with van der Waals surface area (Å²) >= 11 is 0. The van der Waals surface area contributed by atoms with E-state index in [1.807, 2.05) is 36.2 Å². The third-order valence-corrected chi connectivity index (χ3v) is 3.35. The molecule has 1 rings (SSSR count). The van der Waals surface area contributed by atoms with Crippen LogP contribution in [0.2, 0.25) is 0 Å². The predicted molar refractivity (Wildman–Crippen MR) is 78.7 cm³/mol. The number of para-hydroxylation sites is 1. The maximum atomic E-state index is 12.7. The summed E-state index contributed by atoms with van der Waals surface area (Å²) in [5.41, 5.74) is 1.57. The molecular formula is C15H24N2O2. The largest absolute Gasteiger partial charge is 0.387 e. The summed E-state index contributed by atoms with van der Waals surface area (Å²) in [6.07, 6.45) is 0.928. The maximum Gasteiger partial charge on any atom is 0.256 e. The van der Waals surface area contributed by atoms with E-state index in [0.29, 0.717) is 18.7 Å². The van der Waals surface area contributed by atoms with Gasteiger partial charge in [-0.1, -0.05) is 19.1 Å². The lowest BCUT2D eigenvalue weighted by Crippen LogP contribution is -2.40. The number of benzene rings is 1. The van der Waals surface area contributed by atoms with Crippen LogP contribution in [-0.4, -0.2) is 44.2 Å². The number of hydrogen-bond donors (Lipinski definition) is 1. The molecular weight excluding hydrogens is 240 g/mol. The zero-order valence-electron chi connectivity index (χ0n) is 12.3. The van der Waals surface area contributed by atoms with Gasteiger partial charge >= 0.3 is 0 Å². The van der Waals surface area contributed by atoms with E-state index in [9.17, 15) is 4.79 Å². The molecule has 19 heavy (non-hydrogen) atoms. The predicted octanol–water partition coefficient (Wildman–Crippen LogP) is 2.62. The van der Waals surface area contributed by atoms with Crippen LogP contribution in [0.3, 0.4) is 0 Å². The fourth-order valence-corrected chi connectivity index (χ4v) is 1.97. The summed E-state index contributed by atoms with van der Waals surface area (Å²) in [5.74, 6) is 0.0522. The Kier molecular flexibility index (Phi) is 6.36. The summed E-state index contributed by atoms with van der Waals surface area (Å²) in [6, 6.07) is 7.78. The van der Waals surface area contributed by atoms with Crippen LogP contribution < -0.4 is 5.32 Å². The molecule has 0 spiro atoms. The van der Waals surface area contributed by atoms with Crippen molar-refractivity contribution in [1.29, 1.82) is 0 Å². The molecule has 0 bridgehead atoms. The Bertz CT molecular complexity index is 407. The normalized spacial score (nSPS) is 12.0. The fraction of sp³-hybridized carbons (Fsp3) is 0.533. The second-order valence-corrected chi connectivity index (χ2v) is 4.54. The van der Waals surface area contributed by atoms with Crippen molar-refractivity contribution >= 4 is 11.6 Å². The van der Waals surface area contributed by atoms with E-state index in [4.69, 9.17) is 4.74 Å². The van der Waals surface area contributed by atoms with Crippen LogP contribution in [0.25, 0.3) is 0 Å². The Balaban J connectivity index is 2.97. The average Bonchev–Trinajstić information content (AvgIpc) is 2.46. The zero-order valence-corrected chi connectivity index (χ0v) is 12.3. The molecule has 1 aromatic carbocycles. The van der Waals surface area contributed by atoms with E-state index >= 15 is 0 Å². The van der Waals surface area contributed by atoms with Crippen molar-refractivity contribution in [2.75, 3.05) is 32.6 Å². The number of hydrogen-bond acceptors (Lipinski definition) is 3. The Hall–Kier alpha value is -1.55. The first-order valence-corrected chi connectivity index (χ1v) is 6.72. The van der Waals surface area contributed by atoms with Gasteiger partial charge < -0.3 is 15.0 Å². The first-order chi connectivity index (χ1) is 9.15. The van der Waals surface area contributed by atoms with Crippen molar-refractivity contribution in [1.82, 2.24) is 4.90 Å². The highest BCUT2D eigenvalue weighted by Gasteiger charge is 2.21. The molecule has 0 aliphatic rings. The topological polar surface area (TPSA) is 41.6 Å². The lowest BCUT2D eigenvalue weighted by molar-refractivity contribution is 0.0615. The van der Waals surface area contributed by atoms with Gasteiger partial charge in [0, 0.05) is 32.4 Å². The minimum absolute atomic E-state index is 0.0522. The summed E-state index contributed by atoms with van der Waals surface area (Å²) in [6.45, 7) is 5.32. The van der Waals surface area contributed by atoms with E-state index < -0.39 is 0 Å². The molecule has 1 unspecified atom stereocenters. The number of anilines is 1. The van der Waals surface area contributed by atoms with Crippen molar-refractivity contribution in [3.05, 3.63) is 29.8 Å². The van der Waals surface area contributed by atoms with Gasteiger partial charge in [-0.3, -0.25) is 4.79 Å². The van der Waals surface area contributed by atoms with E-state index in [1.165, 1.54) is 0 Å². The zero-order chi connectivity index (χ0) is 14.3. The van der Waals surface area contributed by atoms with Crippen LogP contribution in [-0.2, 0) is 4.74 Å². The summed E-state index contributed by atoms with van der Waals surface area (Å²) < 4.78 is 5.10. The highest BCUT2D eigenvalue weighted by atomic mass is 16.5. The SMILES string of the molecule is CCC(C)N(CCOC)C(=O)c1ccccc1NC. The Morgan fingerprint density at radius 3 is 2.68 bits per heavy atom. The molecule has 0 aromatic heterocycles. The van der Waals surface area contributed by atoms with Gasteiger partial charge in [0.1, 0.15) is 0 Å². The molecule has 0 aliphatic carbocycles. The highest BCUT2D eigenvalue weighted by molar-refractivity contribution is 5.99. The van der Waals surface area contributed by atoms with E-state index in [2.05, 4.69) is 19.2 Å². The molecule has 0 radical (unpaired) electrons. The number of amides is 1. The van der Waals surface area contributed by atoms with Gasteiger partial charge in [0.25, 0.3) is 5.91 Å². The highest BCUT2D eigenvalue weighted by Crippen LogP contribution is 2.18. The van der Waals surface area contributed by atoms with Gasteiger partial charge in [0.15, 0.2) is 0 Å². The van der Waals surface area contributed by atoms with Crippen molar-refractivity contribution < 1.29 is 9.53 Å². The maximum absolute atomic E-state index is 12.7. The molecule has 4 nitrogen and oxygen atoms in total. The number of carbonyl (C=O) groups is 1. The van der Waals surface area contributed by atoms with Gasteiger partial charge in [-0.05, 0) is 25.5 Å². The Morgan fingerprint density at radius 2 is 2.11 bits per heavy atom. The Morgan fingerprint density at radius 1 is 1.42 bits per heavy atom. The molecule has 0 saturated carbocycles. The molecule has 106 valence electrons. The van der Waals surface area contributed by atoms with Crippen LogP contribution in [0.1, 0.15) is 30.6 Å². The van der Waals surface area contributed by atoms with Crippen LogP contribution >= 0.6 is 0 Å². The van der Waals surface area contributed by atoms with Crippen molar-refractivity contribution in [3.63, 3.8) is 0 Å². The van der Waals surface area contributed by atoms with Crippen molar-refractivity contribution in [2.45, 2.75) is 26.3 Å². The molecule has 1 N–H and O–H groups in total. The van der Waals surface area contributed by atoms with Gasteiger partial charge in [-0.2, -0.15) is 0 Å². The van der Waals surface area contributed by atoms with Crippen molar-refractivity contribution in [3.8, 4) is 0 Å². The minimum Gasteiger partial charge on any atom is -0.387 e. The minimum atomic E-state index is 0.0522. The Labute approximate surface area is 115 Å². The van der Waals surface area contributed by atoms with Crippen LogP contribution in [0, 0.1) is 0 Å². The molecule has 4 heteroatoms. The fourth-order valence-electron chi connectivity index (χ4n) is 1.97. The van der Waals surface area contributed by atoms with E-state index in [1.54, 1.807) is 7.11 Å². The molecule has 0 heterocycles. The smallest absolute Gasteiger partial charge is 0.256 e. The number of rotatable bonds is 7. The van der Waals surface area contributed by atoms with E-state index in [0.717, 1.165) is 12.1 Å². The van der Waals surface area contributed by atoms with E-state index in [-0.39, 0.29) is 11.9 Å². The molecule has 0 aliphatic heterocycles. The number of methoxy groups -OCH3 is 1. The van der Waals surface area contributed by atoms with Crippen LogP contribution in [0.15, 0.2) is 24.3 Å². The third kappa shape index (κ3) is 3.96. The number of ether oxygens (including phenoxy) is 1. The number of nitrogens with one attached hydrogen (secondary N) is 1. The first kappa shape index (κ1) is 15.5. The van der Waals surface area contributed by atoms with Crippen LogP contribution in [0.5, 0.6) is 0 Å². The van der Waals surface area contributed by atoms with Gasteiger partial charge in [-0.25, -0.2) is 0 Å². The molecule has 1 amide bonds. The molecule has 1 aromatic rings. The number of carbonyl (C=O) groups excluding carboxylic acids is 1. The molecule has 0 saturated heterocycles. The lowest BCUT2D eigenvalue weighted by atomic mass is 10.1. The third-order valence-electron chi connectivity index (χ3n) is 3.35. The van der Waals surface area contributed by atoms with Gasteiger partial charge in [0.05, 0.1) is 12.2 Å². The second-order valence-electron chi connectivity index (χ2n) is 4.54. The number of nitrogens with zero attached hydrogens (tertiary/aromatic N) is 1. The monoisotopic (exact) mass is 264 g/mol. The summed E-state index contributed by atoms with van der Waals surface area (Å²) in [5, 5.41) is 3.07. The lowest BCUT2D eigenvalue weighted by Gasteiger charge is -2.29. The van der Waals surface area contributed by atoms with Crippen molar-refractivity contribution in [2.24, 2.45) is 0 Å². The van der Waals surface area contributed by atoms with Crippen LogP contribution in [0.4, 0.5) is 5.69 Å². The van der Waals surface area contributed by atoms with Gasteiger partial charge in [0.2, 0.25) is 0 Å². The molecule has 0 fully saturated rings. The standard InChI is InChI=1S/C15H24N2O2/c1-5-12(2)17(10-11-19-4)15(18)13-8-6-7-9-14(13)16-3/h6-9,12,16H,5,10-11H2,1-4H3. The van der Waals surface area contributed by atoms with Gasteiger partial charge in [-0.15, -0.1) is 0 Å². The average molecular weight is 264 g/mol. The summed E-state index contributed by atoms with van der Waals surface area (Å²) in [4.78, 5) is 14.5. The molecule has 1 atom stereocenters. The quantitative estimate of drug-likeness (QED) is 0.823. The first-order valence-electron chi connectivity index (χ1n) is 6.72. The second kappa shape index (κ2) is 7.79. The summed E-state index contributed by atoms with van der Waals surface area (Å²) in [7, 11) is 3.48.